The van der Waals surface area contributed by atoms with Gasteiger partial charge in [-0.1, -0.05) is 62.0 Å². The van der Waals surface area contributed by atoms with Crippen LogP contribution < -0.4 is 5.32 Å². The topological polar surface area (TPSA) is 31.1 Å². The molecule has 2 aromatic carbocycles. The largest absolute Gasteiger partial charge is 0.361 e. The van der Waals surface area contributed by atoms with Crippen LogP contribution in [0, 0.1) is 0 Å². The molecule has 3 aromatic rings. The maximum absolute atomic E-state index is 4.54. The van der Waals surface area contributed by atoms with Crippen LogP contribution in [0.25, 0.3) is 16.5 Å². The first-order valence-corrected chi connectivity index (χ1v) is 10.5. The second-order valence-electron chi connectivity index (χ2n) is 7.90. The maximum atomic E-state index is 4.54. The molecule has 3 heteroatoms. The monoisotopic (exact) mass is 373 g/mol. The number of rotatable bonds is 7. The molecule has 28 heavy (non-hydrogen) atoms. The van der Waals surface area contributed by atoms with Crippen molar-refractivity contribution in [2.45, 2.75) is 38.3 Å². The molecule has 0 spiro atoms. The highest BCUT2D eigenvalue weighted by atomic mass is 15.1. The van der Waals surface area contributed by atoms with Gasteiger partial charge in [0.1, 0.15) is 0 Å². The SMILES string of the molecule is C=C(c1c[nH]c2ccccc12)C(NC1CCN(CCC)CC1)c1ccccc1. The van der Waals surface area contributed by atoms with Gasteiger partial charge in [0, 0.05) is 28.7 Å². The average molecular weight is 374 g/mol. The van der Waals surface area contributed by atoms with Gasteiger partial charge in [0.25, 0.3) is 0 Å². The first-order valence-electron chi connectivity index (χ1n) is 10.5. The summed E-state index contributed by atoms with van der Waals surface area (Å²) >= 11 is 0. The highest BCUT2D eigenvalue weighted by Crippen LogP contribution is 2.34. The van der Waals surface area contributed by atoms with E-state index in [4.69, 9.17) is 0 Å². The highest BCUT2D eigenvalue weighted by molar-refractivity contribution is 5.93. The number of benzene rings is 2. The van der Waals surface area contributed by atoms with E-state index in [9.17, 15) is 0 Å². The first kappa shape index (κ1) is 19.0. The molecule has 4 rings (SSSR count). The number of aromatic nitrogens is 1. The Morgan fingerprint density at radius 1 is 1.11 bits per heavy atom. The Bertz CT molecular complexity index is 904. The van der Waals surface area contributed by atoms with Gasteiger partial charge in [0.15, 0.2) is 0 Å². The lowest BCUT2D eigenvalue weighted by Gasteiger charge is -2.35. The van der Waals surface area contributed by atoms with Gasteiger partial charge in [-0.2, -0.15) is 0 Å². The number of hydrogen-bond acceptors (Lipinski definition) is 2. The predicted octanol–water partition coefficient (Wildman–Crippen LogP) is 5.39. The molecule has 1 fully saturated rings. The number of hydrogen-bond donors (Lipinski definition) is 2. The van der Waals surface area contributed by atoms with Crippen LogP contribution in [0.4, 0.5) is 0 Å². The summed E-state index contributed by atoms with van der Waals surface area (Å²) < 4.78 is 0. The fourth-order valence-electron chi connectivity index (χ4n) is 4.41. The molecule has 1 aliphatic rings. The fourth-order valence-corrected chi connectivity index (χ4v) is 4.41. The Morgan fingerprint density at radius 3 is 2.57 bits per heavy atom. The standard InChI is InChI=1S/C25H31N3/c1-3-15-28-16-13-21(14-17-28)27-25(20-9-5-4-6-10-20)19(2)23-18-26-24-12-8-7-11-22(23)24/h4-12,18,21,25-27H,2-3,13-17H2,1H3. The fraction of sp³-hybridized carbons (Fsp3) is 0.360. The normalized spacial score (nSPS) is 17.0. The van der Waals surface area contributed by atoms with Gasteiger partial charge in [-0.15, -0.1) is 0 Å². The van der Waals surface area contributed by atoms with E-state index in [1.807, 2.05) is 0 Å². The van der Waals surface area contributed by atoms with Crippen LogP contribution >= 0.6 is 0 Å². The van der Waals surface area contributed by atoms with Gasteiger partial charge < -0.3 is 15.2 Å². The molecule has 0 aliphatic carbocycles. The number of nitrogens with zero attached hydrogens (tertiary/aromatic N) is 1. The Kier molecular flexibility index (Phi) is 5.94. The summed E-state index contributed by atoms with van der Waals surface area (Å²) in [5.74, 6) is 0. The van der Waals surface area contributed by atoms with Crippen LogP contribution in [0.3, 0.4) is 0 Å². The van der Waals surface area contributed by atoms with E-state index >= 15 is 0 Å². The van der Waals surface area contributed by atoms with Gasteiger partial charge in [0.2, 0.25) is 0 Å². The molecule has 1 aromatic heterocycles. The molecule has 2 heterocycles. The smallest absolute Gasteiger partial charge is 0.0579 e. The number of nitrogens with one attached hydrogen (secondary N) is 2. The van der Waals surface area contributed by atoms with Crippen molar-refractivity contribution >= 4 is 16.5 Å². The molecule has 1 saturated heterocycles. The summed E-state index contributed by atoms with van der Waals surface area (Å²) in [5, 5.41) is 5.19. The van der Waals surface area contributed by atoms with Crippen molar-refractivity contribution in [3.63, 3.8) is 0 Å². The number of fused-ring (bicyclic) bond motifs is 1. The third kappa shape index (κ3) is 4.06. The lowest BCUT2D eigenvalue weighted by Crippen LogP contribution is -2.44. The van der Waals surface area contributed by atoms with Crippen molar-refractivity contribution in [1.29, 1.82) is 0 Å². The summed E-state index contributed by atoms with van der Waals surface area (Å²) in [7, 11) is 0. The number of aromatic amines is 1. The minimum absolute atomic E-state index is 0.128. The Labute approximate surface area is 168 Å². The highest BCUT2D eigenvalue weighted by Gasteiger charge is 2.25. The van der Waals surface area contributed by atoms with Crippen LogP contribution in [0.5, 0.6) is 0 Å². The first-order chi connectivity index (χ1) is 13.8. The molecule has 0 radical (unpaired) electrons. The van der Waals surface area contributed by atoms with Crippen molar-refractivity contribution in [3.8, 4) is 0 Å². The number of para-hydroxylation sites is 1. The van der Waals surface area contributed by atoms with Gasteiger partial charge in [-0.05, 0) is 56.1 Å². The van der Waals surface area contributed by atoms with Crippen LogP contribution in [0.15, 0.2) is 67.4 Å². The zero-order chi connectivity index (χ0) is 19.3. The van der Waals surface area contributed by atoms with E-state index in [1.54, 1.807) is 0 Å². The molecule has 3 nitrogen and oxygen atoms in total. The summed E-state index contributed by atoms with van der Waals surface area (Å²) in [6, 6.07) is 19.9. The molecule has 1 unspecified atom stereocenters. The van der Waals surface area contributed by atoms with E-state index in [1.165, 1.54) is 60.9 Å². The van der Waals surface area contributed by atoms with Crippen LogP contribution in [0.1, 0.15) is 43.4 Å². The van der Waals surface area contributed by atoms with Crippen LogP contribution in [0.2, 0.25) is 0 Å². The number of H-pyrrole nitrogens is 1. The van der Waals surface area contributed by atoms with E-state index in [0.29, 0.717) is 6.04 Å². The van der Waals surface area contributed by atoms with Gasteiger partial charge >= 0.3 is 0 Å². The maximum Gasteiger partial charge on any atom is 0.0579 e. The Morgan fingerprint density at radius 2 is 1.82 bits per heavy atom. The van der Waals surface area contributed by atoms with Crippen molar-refractivity contribution in [3.05, 3.63) is 78.5 Å². The van der Waals surface area contributed by atoms with Crippen molar-refractivity contribution in [1.82, 2.24) is 15.2 Å². The third-order valence-corrected chi connectivity index (χ3v) is 5.95. The third-order valence-electron chi connectivity index (χ3n) is 5.95. The Hall–Kier alpha value is -2.36. The molecule has 0 amide bonds. The predicted molar refractivity (Wildman–Crippen MR) is 119 cm³/mol. The average Bonchev–Trinajstić information content (AvgIpc) is 3.18. The van der Waals surface area contributed by atoms with E-state index in [2.05, 4.69) is 89.5 Å². The lowest BCUT2D eigenvalue weighted by atomic mass is 9.92. The molecule has 0 bridgehead atoms. The Balaban J connectivity index is 1.57. The second kappa shape index (κ2) is 8.76. The summed E-state index contributed by atoms with van der Waals surface area (Å²) in [6.45, 7) is 10.4. The summed E-state index contributed by atoms with van der Waals surface area (Å²) in [6.07, 6.45) is 5.74. The zero-order valence-electron chi connectivity index (χ0n) is 16.8. The van der Waals surface area contributed by atoms with Crippen molar-refractivity contribution in [2.24, 2.45) is 0 Å². The minimum Gasteiger partial charge on any atom is -0.361 e. The van der Waals surface area contributed by atoms with Crippen LogP contribution in [-0.2, 0) is 0 Å². The van der Waals surface area contributed by atoms with Gasteiger partial charge in [-0.3, -0.25) is 0 Å². The minimum atomic E-state index is 0.128. The van der Waals surface area contributed by atoms with E-state index in [0.717, 1.165) is 5.57 Å². The second-order valence-corrected chi connectivity index (χ2v) is 7.90. The summed E-state index contributed by atoms with van der Waals surface area (Å²) in [5.41, 5.74) is 4.80. The van der Waals surface area contributed by atoms with E-state index in [-0.39, 0.29) is 6.04 Å². The molecular formula is C25H31N3. The molecule has 1 atom stereocenters. The number of likely N-dealkylation sites (tertiary alicyclic amines) is 1. The molecule has 2 N–H and O–H groups in total. The van der Waals surface area contributed by atoms with Gasteiger partial charge in [-0.25, -0.2) is 0 Å². The molecular weight excluding hydrogens is 342 g/mol. The summed E-state index contributed by atoms with van der Waals surface area (Å²) in [4.78, 5) is 5.99. The van der Waals surface area contributed by atoms with Gasteiger partial charge in [0.05, 0.1) is 6.04 Å². The quantitative estimate of drug-likeness (QED) is 0.582. The lowest BCUT2D eigenvalue weighted by molar-refractivity contribution is 0.195. The van der Waals surface area contributed by atoms with Crippen LogP contribution in [-0.4, -0.2) is 35.6 Å². The molecule has 1 aliphatic heterocycles. The molecule has 146 valence electrons. The van der Waals surface area contributed by atoms with Crippen molar-refractivity contribution in [2.75, 3.05) is 19.6 Å². The van der Waals surface area contributed by atoms with E-state index < -0.39 is 0 Å². The molecule has 0 saturated carbocycles. The number of piperidine rings is 1. The van der Waals surface area contributed by atoms with Crippen molar-refractivity contribution < 1.29 is 0 Å². The zero-order valence-corrected chi connectivity index (χ0v) is 16.8.